The van der Waals surface area contributed by atoms with Crippen molar-refractivity contribution in [2.45, 2.75) is 6.54 Å². The second-order valence-corrected chi connectivity index (χ2v) is 9.49. The summed E-state index contributed by atoms with van der Waals surface area (Å²) in [4.78, 5) is 30.8. The molecule has 1 saturated heterocycles. The summed E-state index contributed by atoms with van der Waals surface area (Å²) >= 11 is 17.0. The molecule has 1 aliphatic rings. The number of aliphatic imine (C=N–C) groups is 1. The van der Waals surface area contributed by atoms with Gasteiger partial charge in [-0.2, -0.15) is 0 Å². The summed E-state index contributed by atoms with van der Waals surface area (Å²) in [5.74, 6) is -0.634. The molecule has 3 aromatic rings. The maximum absolute atomic E-state index is 12.9. The second kappa shape index (κ2) is 8.70. The molecule has 6 nitrogen and oxygen atoms in total. The summed E-state index contributed by atoms with van der Waals surface area (Å²) in [6.45, 7) is 0.0439. The van der Waals surface area contributed by atoms with Gasteiger partial charge in [-0.25, -0.2) is 4.99 Å². The maximum Gasteiger partial charge on any atom is 0.266 e. The van der Waals surface area contributed by atoms with Crippen LogP contribution in [0.25, 0.3) is 17.0 Å². The number of thioether (sulfide) groups is 1. The minimum atomic E-state index is -0.446. The lowest BCUT2D eigenvalue weighted by atomic mass is 10.1. The zero-order chi connectivity index (χ0) is 22.3. The van der Waals surface area contributed by atoms with Crippen molar-refractivity contribution in [3.8, 4) is 0 Å². The molecule has 0 aliphatic carbocycles. The van der Waals surface area contributed by atoms with Gasteiger partial charge in [-0.05, 0) is 48.2 Å². The lowest BCUT2D eigenvalue weighted by Gasteiger charge is -2.08. The van der Waals surface area contributed by atoms with Crippen LogP contribution in [0.3, 0.4) is 0 Å². The number of hydrogen-bond donors (Lipinski definition) is 1. The van der Waals surface area contributed by atoms with E-state index in [1.807, 2.05) is 24.4 Å². The zero-order valence-electron chi connectivity index (χ0n) is 16.1. The first-order valence-corrected chi connectivity index (χ1v) is 11.4. The molecule has 0 saturated carbocycles. The number of carbonyl (C=O) groups is 2. The zero-order valence-corrected chi connectivity index (χ0v) is 20.0. The van der Waals surface area contributed by atoms with Gasteiger partial charge in [0.1, 0.15) is 6.54 Å². The Morgan fingerprint density at radius 2 is 2.06 bits per heavy atom. The third kappa shape index (κ3) is 4.39. The third-order valence-corrected chi connectivity index (χ3v) is 7.00. The summed E-state index contributed by atoms with van der Waals surface area (Å²) in [5, 5.41) is 2.10. The van der Waals surface area contributed by atoms with Gasteiger partial charge in [0.2, 0.25) is 5.91 Å². The quantitative estimate of drug-likeness (QED) is 0.450. The topological polar surface area (TPSA) is 80.7 Å². The number of rotatable bonds is 4. The standard InChI is InChI=1S/C21H15BrCl2N4O2S/c1-27-20(30)17(31-21(27)26-15-4-2-3-14(23)19(15)24)7-11-9-28(10-18(25)29)16-6-5-12(22)8-13(11)16/h2-9H,10H2,1H3,(H2,25,29)/b17-7-,26-21?. The Morgan fingerprint density at radius 1 is 1.29 bits per heavy atom. The Labute approximate surface area is 200 Å². The lowest BCUT2D eigenvalue weighted by Crippen LogP contribution is -2.23. The molecule has 31 heavy (non-hydrogen) atoms. The van der Waals surface area contributed by atoms with Crippen molar-refractivity contribution in [1.82, 2.24) is 9.47 Å². The van der Waals surface area contributed by atoms with E-state index in [2.05, 4.69) is 20.9 Å². The first-order chi connectivity index (χ1) is 14.7. The predicted molar refractivity (Wildman–Crippen MR) is 131 cm³/mol. The van der Waals surface area contributed by atoms with E-state index in [9.17, 15) is 9.59 Å². The molecule has 0 bridgehead atoms. The second-order valence-electron chi connectivity index (χ2n) is 6.78. The number of benzene rings is 2. The number of aromatic nitrogens is 1. The number of nitrogens with zero attached hydrogens (tertiary/aromatic N) is 3. The van der Waals surface area contributed by atoms with Crippen molar-refractivity contribution in [2.75, 3.05) is 7.05 Å². The molecule has 2 amide bonds. The van der Waals surface area contributed by atoms with Crippen LogP contribution in [0.5, 0.6) is 0 Å². The van der Waals surface area contributed by atoms with Gasteiger partial charge < -0.3 is 10.3 Å². The summed E-state index contributed by atoms with van der Waals surface area (Å²) in [5.41, 5.74) is 7.51. The van der Waals surface area contributed by atoms with Crippen LogP contribution in [0.1, 0.15) is 5.56 Å². The number of primary amides is 1. The number of nitrogens with two attached hydrogens (primary N) is 1. The van der Waals surface area contributed by atoms with E-state index in [0.717, 1.165) is 20.9 Å². The highest BCUT2D eigenvalue weighted by atomic mass is 79.9. The molecular formula is C21H15BrCl2N4O2S. The van der Waals surface area contributed by atoms with Crippen LogP contribution < -0.4 is 5.73 Å². The highest BCUT2D eigenvalue weighted by Gasteiger charge is 2.31. The van der Waals surface area contributed by atoms with Crippen LogP contribution in [-0.4, -0.2) is 33.5 Å². The van der Waals surface area contributed by atoms with Gasteiger partial charge in [0.15, 0.2) is 5.17 Å². The van der Waals surface area contributed by atoms with Crippen LogP contribution in [0, 0.1) is 0 Å². The fourth-order valence-electron chi connectivity index (χ4n) is 3.19. The molecule has 158 valence electrons. The number of amidine groups is 1. The van der Waals surface area contributed by atoms with Gasteiger partial charge >= 0.3 is 0 Å². The SMILES string of the molecule is CN1C(=O)/C(=C/c2cn(CC(N)=O)c3ccc(Br)cc23)SC1=Nc1cccc(Cl)c1Cl. The average molecular weight is 538 g/mol. The highest BCUT2D eigenvalue weighted by molar-refractivity contribution is 9.10. The van der Waals surface area contributed by atoms with Crippen LogP contribution in [0.2, 0.25) is 10.0 Å². The fourth-order valence-corrected chi connectivity index (χ4v) is 4.85. The smallest absolute Gasteiger partial charge is 0.266 e. The number of carbonyl (C=O) groups excluding carboxylic acids is 2. The summed E-state index contributed by atoms with van der Waals surface area (Å²) in [7, 11) is 1.65. The van der Waals surface area contributed by atoms with E-state index >= 15 is 0 Å². The monoisotopic (exact) mass is 536 g/mol. The van der Waals surface area contributed by atoms with Gasteiger partial charge in [-0.3, -0.25) is 14.5 Å². The van der Waals surface area contributed by atoms with Gasteiger partial charge in [0.05, 0.1) is 20.6 Å². The Kier molecular flexibility index (Phi) is 6.16. The molecule has 1 aromatic heterocycles. The van der Waals surface area contributed by atoms with Gasteiger partial charge in [-0.1, -0.05) is 45.2 Å². The van der Waals surface area contributed by atoms with Crippen LogP contribution in [0.15, 0.2) is 57.0 Å². The molecule has 10 heteroatoms. The van der Waals surface area contributed by atoms with Gasteiger partial charge in [-0.15, -0.1) is 0 Å². The molecule has 0 unspecified atom stereocenters. The lowest BCUT2D eigenvalue weighted by molar-refractivity contribution is -0.121. The van der Waals surface area contributed by atoms with E-state index in [0.29, 0.717) is 25.8 Å². The fraction of sp³-hybridized carbons (Fsp3) is 0.0952. The van der Waals surface area contributed by atoms with Crippen LogP contribution in [-0.2, 0) is 16.1 Å². The molecule has 2 heterocycles. The number of fused-ring (bicyclic) bond motifs is 1. The van der Waals surface area contributed by atoms with E-state index in [1.54, 1.807) is 35.9 Å². The van der Waals surface area contributed by atoms with Crippen molar-refractivity contribution in [3.63, 3.8) is 0 Å². The van der Waals surface area contributed by atoms with Crippen molar-refractivity contribution >= 4 is 90.5 Å². The Balaban J connectivity index is 1.76. The molecule has 0 spiro atoms. The minimum Gasteiger partial charge on any atom is -0.368 e. The Morgan fingerprint density at radius 3 is 2.81 bits per heavy atom. The number of halogens is 3. The first kappa shape index (κ1) is 22.0. The third-order valence-electron chi connectivity index (χ3n) is 4.64. The molecule has 2 N–H and O–H groups in total. The largest absolute Gasteiger partial charge is 0.368 e. The van der Waals surface area contributed by atoms with Crippen LogP contribution >= 0.6 is 50.9 Å². The number of likely N-dealkylation sites (N-methyl/N-ethyl adjacent to an activating group) is 1. The Bertz CT molecular complexity index is 1300. The maximum atomic E-state index is 12.9. The predicted octanol–water partition coefficient (Wildman–Crippen LogP) is 5.43. The number of hydrogen-bond acceptors (Lipinski definition) is 4. The van der Waals surface area contributed by atoms with E-state index in [4.69, 9.17) is 28.9 Å². The van der Waals surface area contributed by atoms with E-state index in [1.165, 1.54) is 16.7 Å². The van der Waals surface area contributed by atoms with Crippen molar-refractivity contribution in [2.24, 2.45) is 10.7 Å². The summed E-state index contributed by atoms with van der Waals surface area (Å²) in [6, 6.07) is 10.9. The van der Waals surface area contributed by atoms with Gasteiger partial charge in [0.25, 0.3) is 5.91 Å². The molecule has 1 aliphatic heterocycles. The summed E-state index contributed by atoms with van der Waals surface area (Å²) in [6.07, 6.45) is 3.60. The molecule has 2 aromatic carbocycles. The van der Waals surface area contributed by atoms with E-state index in [-0.39, 0.29) is 12.5 Å². The molecular weight excluding hydrogens is 523 g/mol. The molecule has 1 fully saturated rings. The van der Waals surface area contributed by atoms with Crippen molar-refractivity contribution in [3.05, 3.63) is 67.6 Å². The minimum absolute atomic E-state index is 0.0439. The summed E-state index contributed by atoms with van der Waals surface area (Å²) < 4.78 is 2.65. The van der Waals surface area contributed by atoms with Gasteiger partial charge in [0, 0.05) is 34.2 Å². The van der Waals surface area contributed by atoms with Crippen LogP contribution in [0.4, 0.5) is 5.69 Å². The molecule has 0 radical (unpaired) electrons. The first-order valence-electron chi connectivity index (χ1n) is 9.01. The van der Waals surface area contributed by atoms with Crippen molar-refractivity contribution < 1.29 is 9.59 Å². The molecule has 4 rings (SSSR count). The van der Waals surface area contributed by atoms with E-state index < -0.39 is 5.91 Å². The number of amides is 2. The van der Waals surface area contributed by atoms with Crippen molar-refractivity contribution in [1.29, 1.82) is 0 Å². The normalized spacial score (nSPS) is 16.8. The Hall–Kier alpha value is -2.26. The highest BCUT2D eigenvalue weighted by Crippen LogP contribution is 2.38. The molecule has 0 atom stereocenters. The average Bonchev–Trinajstić information content (AvgIpc) is 3.17.